The molecule has 30 atom stereocenters. The van der Waals surface area contributed by atoms with E-state index in [0.717, 1.165) is 129 Å². The van der Waals surface area contributed by atoms with Gasteiger partial charge in [0, 0.05) is 161 Å². The second-order valence-corrected chi connectivity index (χ2v) is 46.1. The van der Waals surface area contributed by atoms with E-state index in [2.05, 4.69) is 329 Å². The van der Waals surface area contributed by atoms with Crippen molar-refractivity contribution in [3.8, 4) is 0 Å². The van der Waals surface area contributed by atoms with Crippen LogP contribution < -0.4 is 0 Å². The van der Waals surface area contributed by atoms with Gasteiger partial charge < -0.3 is 47.1 Å². The van der Waals surface area contributed by atoms with Crippen molar-refractivity contribution in [1.29, 1.82) is 0 Å². The molecule has 0 spiro atoms. The van der Waals surface area contributed by atoms with Crippen molar-refractivity contribution in [3.05, 3.63) is 300 Å². The molecule has 0 fully saturated rings. The van der Waals surface area contributed by atoms with Crippen LogP contribution in [0, 0.1) is 35.5 Å². The smallest absolute Gasteiger partial charge is 0.230 e. The van der Waals surface area contributed by atoms with Crippen LogP contribution in [0.5, 0.6) is 0 Å². The largest absolute Gasteiger partial charge is 0.469 e. The zero-order valence-electron chi connectivity index (χ0n) is 85.9. The molecule has 12 aromatic heterocycles. The lowest BCUT2D eigenvalue weighted by atomic mass is 9.71. The fourth-order valence-electron chi connectivity index (χ4n) is 22.4. The van der Waals surface area contributed by atoms with Crippen LogP contribution in [0.3, 0.4) is 0 Å². The quantitative estimate of drug-likeness (QED) is 0.112. The van der Waals surface area contributed by atoms with Crippen molar-refractivity contribution in [2.24, 2.45) is 35.5 Å². The summed E-state index contributed by atoms with van der Waals surface area (Å²) < 4.78 is 31.1. The molecular weight excluding hydrogens is 1870 g/mol. The van der Waals surface area contributed by atoms with Gasteiger partial charge in [0.2, 0.25) is 6.79 Å². The minimum Gasteiger partial charge on any atom is -0.469 e. The first-order valence-corrected chi connectivity index (χ1v) is 54.3. The Bertz CT molecular complexity index is 4760. The maximum Gasteiger partial charge on any atom is 0.230 e. The fourth-order valence-corrected chi connectivity index (χ4v) is 26.9. The summed E-state index contributed by atoms with van der Waals surface area (Å²) in [6.45, 7) is 67.9. The Morgan fingerprint density at radius 3 is 0.883 bits per heavy atom. The van der Waals surface area contributed by atoms with Crippen LogP contribution in [-0.2, 0) is 9.47 Å². The zero-order valence-corrected chi connectivity index (χ0v) is 89.2. The number of nitrogens with one attached hydrogen (secondary N) is 4. The van der Waals surface area contributed by atoms with Crippen LogP contribution in [0.1, 0.15) is 570 Å². The Hall–Kier alpha value is -9.08. The molecule has 30 unspecified atom stereocenters. The number of thiophene rings is 2. The van der Waals surface area contributed by atoms with E-state index < -0.39 is 0 Å². The molecular formula is C125H192N10O6S4. The van der Waals surface area contributed by atoms with Gasteiger partial charge in [-0.25, -0.2) is 29.9 Å². The lowest BCUT2D eigenvalue weighted by Gasteiger charge is -2.33. The maximum atomic E-state index is 5.23. The van der Waals surface area contributed by atoms with Gasteiger partial charge in [0.15, 0.2) is 12.8 Å². The minimum absolute atomic E-state index is 0. The number of imidazole rings is 2. The molecule has 20 heteroatoms. The molecule has 145 heavy (non-hydrogen) atoms. The van der Waals surface area contributed by atoms with Crippen molar-refractivity contribution >= 4 is 45.3 Å². The highest BCUT2D eigenvalue weighted by Gasteiger charge is 2.45. The molecule has 0 bridgehead atoms. The summed E-state index contributed by atoms with van der Waals surface area (Å²) in [6, 6.07) is 13.0. The van der Waals surface area contributed by atoms with Gasteiger partial charge in [-0.2, -0.15) is 0 Å². The highest BCUT2D eigenvalue weighted by molar-refractivity contribution is 7.11. The predicted molar refractivity (Wildman–Crippen MR) is 622 cm³/mol. The van der Waals surface area contributed by atoms with Gasteiger partial charge >= 0.3 is 0 Å². The highest BCUT2D eigenvalue weighted by Crippen LogP contribution is 2.56. The molecule has 17 aliphatic carbocycles. The van der Waals surface area contributed by atoms with E-state index in [1.54, 1.807) is 91.0 Å². The van der Waals surface area contributed by atoms with Gasteiger partial charge in [-0.05, 0) is 176 Å². The van der Waals surface area contributed by atoms with Crippen LogP contribution in [0.2, 0.25) is 0 Å². The molecule has 16 nitrogen and oxygen atoms in total. The van der Waals surface area contributed by atoms with Gasteiger partial charge in [0.25, 0.3) is 0 Å². The average molecular weight is 2060 g/mol. The van der Waals surface area contributed by atoms with Crippen molar-refractivity contribution in [2.75, 3.05) is 6.79 Å². The molecule has 13 heterocycles. The molecule has 4 N–H and O–H groups in total. The minimum atomic E-state index is 0. The Morgan fingerprint density at radius 2 is 0.566 bits per heavy atom. The number of H-pyrrole nitrogens is 4. The normalized spacial score (nSPS) is 30.6. The van der Waals surface area contributed by atoms with Crippen molar-refractivity contribution in [3.63, 3.8) is 0 Å². The van der Waals surface area contributed by atoms with Crippen LogP contribution in [0.15, 0.2) is 184 Å². The van der Waals surface area contributed by atoms with E-state index in [1.165, 1.54) is 115 Å². The first-order chi connectivity index (χ1) is 64.6. The third kappa shape index (κ3) is 23.1. The van der Waals surface area contributed by atoms with Gasteiger partial charge in [0.1, 0.15) is 34.6 Å². The Labute approximate surface area is 894 Å². The molecule has 0 radical (unpaired) electrons. The maximum absolute atomic E-state index is 5.23. The summed E-state index contributed by atoms with van der Waals surface area (Å²) in [5, 5.41) is 4.40. The molecule has 18 aliphatic rings. The van der Waals surface area contributed by atoms with Crippen LogP contribution in [0.25, 0.3) is 0 Å². The molecule has 12 aromatic rings. The molecule has 0 aromatic carbocycles. The summed E-state index contributed by atoms with van der Waals surface area (Å²) >= 11 is 7.39. The fraction of sp³-hybridized carbons (Fsp3) is 0.584. The molecule has 0 saturated carbocycles. The van der Waals surface area contributed by atoms with Crippen LogP contribution in [-0.4, -0.2) is 56.6 Å². The van der Waals surface area contributed by atoms with E-state index in [0.29, 0.717) is 89.6 Å². The van der Waals surface area contributed by atoms with E-state index >= 15 is 0 Å². The van der Waals surface area contributed by atoms with E-state index in [-0.39, 0.29) is 74.3 Å². The van der Waals surface area contributed by atoms with E-state index in [9.17, 15) is 0 Å². The number of hydrogen-bond acceptors (Lipinski definition) is 16. The molecule has 1 aliphatic heterocycles. The SMILES string of the molecule is C.C.C.C.C.C.C.C.C.C.CC1C2=C(CC=C2)C1C.CC1C2=C(CC=C2)C1C.CC1C2=C(OCO2)C1C.CC1c2cc[nH]c2C1C.CC1c2cc[nH]c2C1C.CC1c2ccoc2C1C.CC1c2ccoc2C1C.CC1c2ccsc2C1C.CC1c2ccsc2C1C.CC1c2nc[nH]c2C1C.CC1c2nc[nH]c2C1C.CC1c2ncoc2C1C.CC1c2ncoc2C1C.CC1c2ncsc2C1C.CC1c2ncsc2C1C. The highest BCUT2D eigenvalue weighted by atomic mass is 32.1. The van der Waals surface area contributed by atoms with Gasteiger partial charge in [0.05, 0.1) is 70.4 Å². The first kappa shape index (κ1) is 125. The number of allylic oxidation sites excluding steroid dienone is 10. The summed E-state index contributed by atoms with van der Waals surface area (Å²) in [4.78, 5) is 43.9. The zero-order chi connectivity index (χ0) is 96.5. The number of thiazole rings is 2. The Balaban J connectivity index is 0.000000236. The topological polar surface area (TPSA) is 212 Å². The molecule has 0 amide bonds. The van der Waals surface area contributed by atoms with Gasteiger partial charge in [-0.1, -0.05) is 317 Å². The number of rotatable bonds is 0. The summed E-state index contributed by atoms with van der Waals surface area (Å²) in [6.07, 6.45) is 25.9. The summed E-state index contributed by atoms with van der Waals surface area (Å²) in [5.41, 5.74) is 32.7. The number of aromatic amines is 4. The first-order valence-electron chi connectivity index (χ1n) is 50.8. The van der Waals surface area contributed by atoms with E-state index in [4.69, 9.17) is 27.1 Å². The molecule has 802 valence electrons. The van der Waals surface area contributed by atoms with Gasteiger partial charge in [-0.3, -0.25) is 0 Å². The van der Waals surface area contributed by atoms with Crippen molar-refractivity contribution < 1.29 is 27.1 Å². The second kappa shape index (κ2) is 51.9. The number of nitrogens with zero attached hydrogens (tertiary/aromatic N) is 6. The second-order valence-electron chi connectivity index (χ2n) is 42.4. The van der Waals surface area contributed by atoms with Crippen molar-refractivity contribution in [2.45, 2.75) is 437 Å². The number of oxazole rings is 2. The monoisotopic (exact) mass is 2060 g/mol. The number of aromatic nitrogens is 10. The third-order valence-electron chi connectivity index (χ3n) is 35.9. The summed E-state index contributed by atoms with van der Waals surface area (Å²) in [5.74, 6) is 28.6. The van der Waals surface area contributed by atoms with Crippen molar-refractivity contribution in [1.82, 2.24) is 49.8 Å². The third-order valence-corrected chi connectivity index (χ3v) is 40.3. The predicted octanol–water partition coefficient (Wildman–Crippen LogP) is 40.1. The van der Waals surface area contributed by atoms with Crippen LogP contribution >= 0.6 is 45.3 Å². The number of ether oxygens (including phenoxy) is 2. The number of hydrogen-bond donors (Lipinski definition) is 4. The summed E-state index contributed by atoms with van der Waals surface area (Å²) in [7, 11) is 0. The Morgan fingerprint density at radius 1 is 0.248 bits per heavy atom. The van der Waals surface area contributed by atoms with Gasteiger partial charge in [-0.15, -0.1) is 45.3 Å². The Kier molecular flexibility index (Phi) is 44.6. The standard InChI is InChI=1S/2C9H12.2C8H11N.2C8H10O.2C8H10S.2C7H10N2.2C7H9NO.2C7H9NS.C7H10O2.10CH4/c2*1-6-7(2)9-5-3-4-8(6)9;6*1-5-6(2)8-7(5)3-4-9-8;7*1-4-5(2)7-6(4)8-3-9-7;;;;;;;;;;/h2*3-4,6-7H,5H2,1-2H3;2*3-6,9H,1-2H3;4*3-6H,1-2H3;2*3-5H,1-2H3,(H,8,9);4*3-5H,1-2H3;4-5H,3H2,1-2H3;10*1H4. The number of furan rings is 2. The van der Waals surface area contributed by atoms with E-state index in [1.807, 2.05) is 46.1 Å². The molecule has 30 rings (SSSR count). The average Bonchev–Trinajstić information content (AvgIpc) is 1.89. The lowest BCUT2D eigenvalue weighted by Crippen LogP contribution is -2.24. The lowest BCUT2D eigenvalue weighted by molar-refractivity contribution is 0.0760. The van der Waals surface area contributed by atoms with Crippen LogP contribution in [0.4, 0.5) is 0 Å². The number of fused-ring (bicyclic) bond motifs is 12. The molecule has 0 saturated heterocycles.